The highest BCUT2D eigenvalue weighted by Crippen LogP contribution is 2.11. The van der Waals surface area contributed by atoms with Gasteiger partial charge >= 0.3 is 5.97 Å². The maximum absolute atomic E-state index is 13.7. The Labute approximate surface area is 119 Å². The maximum Gasteiger partial charge on any atom is 0.307 e. The number of hydrogen-bond acceptors (Lipinski definition) is 3. The molecule has 0 amide bonds. The summed E-state index contributed by atoms with van der Waals surface area (Å²) >= 11 is 0. The second kappa shape index (κ2) is 7.97. The number of carboxylic acids is 1. The molecule has 0 spiro atoms. The minimum Gasteiger partial charge on any atom is -0.481 e. The van der Waals surface area contributed by atoms with E-state index in [2.05, 4.69) is 0 Å². The number of benzene rings is 1. The van der Waals surface area contributed by atoms with E-state index in [0.29, 0.717) is 25.2 Å². The maximum atomic E-state index is 13.7. The summed E-state index contributed by atoms with van der Waals surface area (Å²) in [5.74, 6) is -1.54. The molecule has 5 heteroatoms. The van der Waals surface area contributed by atoms with Crippen LogP contribution < -0.4 is 0 Å². The fourth-order valence-corrected chi connectivity index (χ4v) is 1.91. The zero-order valence-electron chi connectivity index (χ0n) is 12.3. The topological polar surface area (TPSA) is 43.8 Å². The molecule has 0 fully saturated rings. The van der Waals surface area contributed by atoms with Crippen molar-refractivity contribution in [3.63, 3.8) is 0 Å². The predicted molar refractivity (Wildman–Crippen MR) is 77.0 cm³/mol. The van der Waals surface area contributed by atoms with E-state index in [1.54, 1.807) is 25.1 Å². The molecule has 0 saturated carbocycles. The molecule has 0 aromatic heterocycles. The SMILES string of the molecule is CC(CN(CCN(C)C)Cc1ccccc1F)C(=O)O. The summed E-state index contributed by atoms with van der Waals surface area (Å²) in [5, 5.41) is 9.02. The van der Waals surface area contributed by atoms with E-state index in [0.717, 1.165) is 6.54 Å². The molecule has 0 aliphatic rings. The standard InChI is InChI=1S/C15H23FN2O2/c1-12(15(19)20)10-18(9-8-17(2)3)11-13-6-4-5-7-14(13)16/h4-7,12H,8-11H2,1-3H3,(H,19,20). The number of nitrogens with zero attached hydrogens (tertiary/aromatic N) is 2. The third-order valence-electron chi connectivity index (χ3n) is 3.17. The van der Waals surface area contributed by atoms with Crippen LogP contribution in [0.15, 0.2) is 24.3 Å². The van der Waals surface area contributed by atoms with Gasteiger partial charge in [-0.1, -0.05) is 25.1 Å². The Morgan fingerprint density at radius 2 is 1.95 bits per heavy atom. The van der Waals surface area contributed by atoms with Gasteiger partial charge in [0.05, 0.1) is 5.92 Å². The van der Waals surface area contributed by atoms with Gasteiger partial charge in [0, 0.05) is 31.7 Å². The van der Waals surface area contributed by atoms with Gasteiger partial charge < -0.3 is 10.0 Å². The Morgan fingerprint density at radius 3 is 2.50 bits per heavy atom. The summed E-state index contributed by atoms with van der Waals surface area (Å²) in [6.45, 7) is 4.03. The minimum absolute atomic E-state index is 0.245. The lowest BCUT2D eigenvalue weighted by Gasteiger charge is -2.26. The van der Waals surface area contributed by atoms with Crippen LogP contribution in [0.3, 0.4) is 0 Å². The van der Waals surface area contributed by atoms with Crippen LogP contribution in [-0.2, 0) is 11.3 Å². The van der Waals surface area contributed by atoms with Crippen molar-refractivity contribution in [2.75, 3.05) is 33.7 Å². The van der Waals surface area contributed by atoms with Gasteiger partial charge in [0.1, 0.15) is 5.82 Å². The highest BCUT2D eigenvalue weighted by Gasteiger charge is 2.17. The zero-order chi connectivity index (χ0) is 15.1. The zero-order valence-corrected chi connectivity index (χ0v) is 12.3. The average Bonchev–Trinajstić information content (AvgIpc) is 2.38. The number of carboxylic acid groups (broad SMARTS) is 1. The van der Waals surface area contributed by atoms with Gasteiger partial charge in [-0.2, -0.15) is 0 Å². The van der Waals surface area contributed by atoms with Gasteiger partial charge in [0.25, 0.3) is 0 Å². The van der Waals surface area contributed by atoms with E-state index in [-0.39, 0.29) is 5.82 Å². The van der Waals surface area contributed by atoms with Crippen LogP contribution in [0, 0.1) is 11.7 Å². The van der Waals surface area contributed by atoms with Gasteiger partial charge in [0.2, 0.25) is 0 Å². The molecular weight excluding hydrogens is 259 g/mol. The molecule has 0 heterocycles. The first-order chi connectivity index (χ1) is 9.40. The van der Waals surface area contributed by atoms with Crippen LogP contribution >= 0.6 is 0 Å². The Bertz CT molecular complexity index is 438. The summed E-state index contributed by atoms with van der Waals surface area (Å²) in [4.78, 5) is 15.0. The largest absolute Gasteiger partial charge is 0.481 e. The first-order valence-corrected chi connectivity index (χ1v) is 6.73. The molecule has 20 heavy (non-hydrogen) atoms. The third kappa shape index (κ3) is 5.67. The summed E-state index contributed by atoms with van der Waals surface area (Å²) in [6.07, 6.45) is 0. The number of aliphatic carboxylic acids is 1. The van der Waals surface area contributed by atoms with Crippen molar-refractivity contribution >= 4 is 5.97 Å². The van der Waals surface area contributed by atoms with E-state index in [9.17, 15) is 9.18 Å². The highest BCUT2D eigenvalue weighted by atomic mass is 19.1. The Kier molecular flexibility index (Phi) is 6.61. The van der Waals surface area contributed by atoms with Crippen LogP contribution in [-0.4, -0.2) is 54.6 Å². The van der Waals surface area contributed by atoms with E-state index in [4.69, 9.17) is 5.11 Å². The van der Waals surface area contributed by atoms with Gasteiger partial charge in [0.15, 0.2) is 0 Å². The molecule has 112 valence electrons. The molecule has 1 aromatic rings. The minimum atomic E-state index is -0.826. The predicted octanol–water partition coefficient (Wildman–Crippen LogP) is 1.91. The summed E-state index contributed by atoms with van der Waals surface area (Å²) in [5.41, 5.74) is 0.601. The van der Waals surface area contributed by atoms with Gasteiger partial charge in [-0.25, -0.2) is 4.39 Å². The van der Waals surface area contributed by atoms with E-state index in [1.165, 1.54) is 6.07 Å². The monoisotopic (exact) mass is 282 g/mol. The van der Waals surface area contributed by atoms with Crippen molar-refractivity contribution in [1.29, 1.82) is 0 Å². The van der Waals surface area contributed by atoms with Crippen LogP contribution in [0.25, 0.3) is 0 Å². The molecule has 1 rings (SSSR count). The highest BCUT2D eigenvalue weighted by molar-refractivity contribution is 5.69. The lowest BCUT2D eigenvalue weighted by atomic mass is 10.1. The Morgan fingerprint density at radius 1 is 1.30 bits per heavy atom. The molecule has 0 radical (unpaired) electrons. The molecule has 4 nitrogen and oxygen atoms in total. The number of likely N-dealkylation sites (N-methyl/N-ethyl adjacent to an activating group) is 1. The van der Waals surface area contributed by atoms with Crippen LogP contribution in [0.4, 0.5) is 4.39 Å². The fourth-order valence-electron chi connectivity index (χ4n) is 1.91. The Hall–Kier alpha value is -1.46. The van der Waals surface area contributed by atoms with E-state index in [1.807, 2.05) is 23.9 Å². The van der Waals surface area contributed by atoms with Crippen molar-refractivity contribution in [2.45, 2.75) is 13.5 Å². The summed E-state index contributed by atoms with van der Waals surface area (Å²) in [7, 11) is 3.92. The van der Waals surface area contributed by atoms with Crippen molar-refractivity contribution in [1.82, 2.24) is 9.80 Å². The molecule has 1 aromatic carbocycles. The molecule has 1 unspecified atom stereocenters. The van der Waals surface area contributed by atoms with Gasteiger partial charge in [-0.3, -0.25) is 9.69 Å². The smallest absolute Gasteiger partial charge is 0.307 e. The lowest BCUT2D eigenvalue weighted by molar-refractivity contribution is -0.141. The lowest BCUT2D eigenvalue weighted by Crippen LogP contribution is -2.36. The van der Waals surface area contributed by atoms with Crippen LogP contribution in [0.5, 0.6) is 0 Å². The normalized spacial score (nSPS) is 12.9. The second-order valence-corrected chi connectivity index (χ2v) is 5.37. The van der Waals surface area contributed by atoms with Crippen molar-refractivity contribution in [3.05, 3.63) is 35.6 Å². The molecule has 0 bridgehead atoms. The van der Waals surface area contributed by atoms with Crippen molar-refractivity contribution in [2.24, 2.45) is 5.92 Å². The van der Waals surface area contributed by atoms with Crippen molar-refractivity contribution < 1.29 is 14.3 Å². The van der Waals surface area contributed by atoms with E-state index < -0.39 is 11.9 Å². The number of halogens is 1. The van der Waals surface area contributed by atoms with Gasteiger partial charge in [-0.05, 0) is 20.2 Å². The average molecular weight is 282 g/mol. The first-order valence-electron chi connectivity index (χ1n) is 6.73. The second-order valence-electron chi connectivity index (χ2n) is 5.37. The fraction of sp³-hybridized carbons (Fsp3) is 0.533. The number of rotatable bonds is 8. The molecule has 0 aliphatic carbocycles. The summed E-state index contributed by atoms with van der Waals surface area (Å²) < 4.78 is 13.7. The third-order valence-corrected chi connectivity index (χ3v) is 3.17. The van der Waals surface area contributed by atoms with Crippen LogP contribution in [0.1, 0.15) is 12.5 Å². The number of hydrogen-bond donors (Lipinski definition) is 1. The van der Waals surface area contributed by atoms with Gasteiger partial charge in [-0.15, -0.1) is 0 Å². The number of carbonyl (C=O) groups is 1. The molecule has 1 atom stereocenters. The van der Waals surface area contributed by atoms with E-state index >= 15 is 0 Å². The molecule has 0 aliphatic heterocycles. The molecular formula is C15H23FN2O2. The van der Waals surface area contributed by atoms with Crippen LogP contribution in [0.2, 0.25) is 0 Å². The summed E-state index contributed by atoms with van der Waals surface area (Å²) in [6, 6.07) is 6.62. The first kappa shape index (κ1) is 16.6. The Balaban J connectivity index is 2.71. The molecule has 1 N–H and O–H groups in total. The quantitative estimate of drug-likeness (QED) is 0.791. The molecule has 0 saturated heterocycles. The van der Waals surface area contributed by atoms with Crippen molar-refractivity contribution in [3.8, 4) is 0 Å².